The van der Waals surface area contributed by atoms with Gasteiger partial charge in [0.25, 0.3) is 0 Å². The van der Waals surface area contributed by atoms with E-state index in [1.165, 1.54) is 31.4 Å². The molecule has 2 fully saturated rings. The fourth-order valence-electron chi connectivity index (χ4n) is 3.36. The lowest BCUT2D eigenvalue weighted by Crippen LogP contribution is -2.39. The second-order valence-corrected chi connectivity index (χ2v) is 6.28. The number of hydrogen-bond donors (Lipinski definition) is 2. The van der Waals surface area contributed by atoms with E-state index in [0.29, 0.717) is 12.6 Å². The second kappa shape index (κ2) is 6.70. The van der Waals surface area contributed by atoms with E-state index in [4.69, 9.17) is 5.11 Å². The molecule has 1 aromatic carbocycles. The van der Waals surface area contributed by atoms with Crippen molar-refractivity contribution in [1.29, 1.82) is 0 Å². The Morgan fingerprint density at radius 1 is 1.15 bits per heavy atom. The topological polar surface area (TPSA) is 35.5 Å². The molecule has 2 atom stereocenters. The zero-order chi connectivity index (χ0) is 13.8. The third-order valence-corrected chi connectivity index (χ3v) is 4.81. The van der Waals surface area contributed by atoms with Gasteiger partial charge >= 0.3 is 0 Å². The van der Waals surface area contributed by atoms with Gasteiger partial charge in [0.1, 0.15) is 0 Å². The number of piperidine rings is 1. The maximum atomic E-state index is 8.95. The number of hydrogen-bond acceptors (Lipinski definition) is 3. The molecule has 0 spiro atoms. The third-order valence-electron chi connectivity index (χ3n) is 4.81. The molecule has 0 amide bonds. The van der Waals surface area contributed by atoms with E-state index in [-0.39, 0.29) is 0 Å². The highest BCUT2D eigenvalue weighted by Gasteiger charge is 2.38. The summed E-state index contributed by atoms with van der Waals surface area (Å²) < 4.78 is 0. The molecule has 3 rings (SSSR count). The van der Waals surface area contributed by atoms with Gasteiger partial charge in [0, 0.05) is 18.5 Å². The third kappa shape index (κ3) is 3.60. The molecule has 110 valence electrons. The first-order chi connectivity index (χ1) is 9.86. The molecule has 1 heterocycles. The monoisotopic (exact) mass is 274 g/mol. The number of nitrogens with zero attached hydrogens (tertiary/aromatic N) is 1. The van der Waals surface area contributed by atoms with Crippen molar-refractivity contribution in [2.75, 3.05) is 32.8 Å². The Morgan fingerprint density at radius 3 is 2.60 bits per heavy atom. The van der Waals surface area contributed by atoms with Gasteiger partial charge in [-0.15, -0.1) is 0 Å². The van der Waals surface area contributed by atoms with E-state index >= 15 is 0 Å². The summed E-state index contributed by atoms with van der Waals surface area (Å²) in [6.45, 7) is 4.61. The van der Waals surface area contributed by atoms with Crippen molar-refractivity contribution in [3.8, 4) is 0 Å². The molecule has 2 N–H and O–H groups in total. The largest absolute Gasteiger partial charge is 0.395 e. The second-order valence-electron chi connectivity index (χ2n) is 6.28. The Labute approximate surface area is 122 Å². The summed E-state index contributed by atoms with van der Waals surface area (Å²) >= 11 is 0. The minimum absolute atomic E-state index is 0.295. The van der Waals surface area contributed by atoms with Crippen molar-refractivity contribution in [2.24, 2.45) is 5.92 Å². The molecule has 3 heteroatoms. The summed E-state index contributed by atoms with van der Waals surface area (Å²) in [5, 5.41) is 12.7. The molecule has 1 aliphatic carbocycles. The van der Waals surface area contributed by atoms with E-state index in [0.717, 1.165) is 31.5 Å². The molecule has 0 bridgehead atoms. The smallest absolute Gasteiger partial charge is 0.0558 e. The van der Waals surface area contributed by atoms with Gasteiger partial charge in [-0.2, -0.15) is 0 Å². The molecule has 1 saturated carbocycles. The van der Waals surface area contributed by atoms with Crippen molar-refractivity contribution in [3.63, 3.8) is 0 Å². The summed E-state index contributed by atoms with van der Waals surface area (Å²) in [6, 6.07) is 11.6. The van der Waals surface area contributed by atoms with Crippen LogP contribution in [0.3, 0.4) is 0 Å². The Morgan fingerprint density at radius 2 is 1.90 bits per heavy atom. The molecule has 0 aromatic heterocycles. The highest BCUT2D eigenvalue weighted by Crippen LogP contribution is 2.40. The van der Waals surface area contributed by atoms with Gasteiger partial charge in [0.05, 0.1) is 6.61 Å². The van der Waals surface area contributed by atoms with Crippen LogP contribution in [0, 0.1) is 5.92 Å². The van der Waals surface area contributed by atoms with Crippen LogP contribution < -0.4 is 5.32 Å². The fourth-order valence-corrected chi connectivity index (χ4v) is 3.36. The molecule has 0 unspecified atom stereocenters. The number of benzene rings is 1. The minimum atomic E-state index is 0.295. The van der Waals surface area contributed by atoms with Crippen molar-refractivity contribution in [1.82, 2.24) is 10.2 Å². The normalized spacial score (nSPS) is 27.6. The van der Waals surface area contributed by atoms with Crippen molar-refractivity contribution < 1.29 is 5.11 Å². The number of rotatable bonds is 6. The number of nitrogens with one attached hydrogen (secondary N) is 1. The van der Waals surface area contributed by atoms with E-state index in [9.17, 15) is 0 Å². The van der Waals surface area contributed by atoms with Crippen LogP contribution in [-0.2, 0) is 0 Å². The zero-order valence-corrected chi connectivity index (χ0v) is 12.2. The van der Waals surface area contributed by atoms with Gasteiger partial charge in [0.2, 0.25) is 0 Å². The number of aliphatic hydroxyl groups excluding tert-OH is 1. The molecular formula is C17H26N2O. The summed E-state index contributed by atoms with van der Waals surface area (Å²) in [4.78, 5) is 2.38. The van der Waals surface area contributed by atoms with Crippen molar-refractivity contribution in [3.05, 3.63) is 35.9 Å². The van der Waals surface area contributed by atoms with E-state index < -0.39 is 0 Å². The lowest BCUT2D eigenvalue weighted by atomic mass is 9.97. The predicted molar refractivity (Wildman–Crippen MR) is 81.8 cm³/mol. The SMILES string of the molecule is OCCN1CCC(CN[C@H]2C[C@@H]2c2ccccc2)CC1. The lowest BCUT2D eigenvalue weighted by molar-refractivity contribution is 0.146. The molecule has 3 nitrogen and oxygen atoms in total. The first-order valence-corrected chi connectivity index (χ1v) is 7.98. The fraction of sp³-hybridized carbons (Fsp3) is 0.647. The first kappa shape index (κ1) is 14.1. The Kier molecular flexibility index (Phi) is 4.71. The molecule has 0 radical (unpaired) electrons. The number of aliphatic hydroxyl groups is 1. The lowest BCUT2D eigenvalue weighted by Gasteiger charge is -2.31. The molecule has 20 heavy (non-hydrogen) atoms. The number of likely N-dealkylation sites (tertiary alicyclic amines) is 1. The van der Waals surface area contributed by atoms with Gasteiger partial charge in [-0.1, -0.05) is 30.3 Å². The summed E-state index contributed by atoms with van der Waals surface area (Å²) in [6.07, 6.45) is 3.85. The van der Waals surface area contributed by atoms with Crippen LogP contribution in [0.4, 0.5) is 0 Å². The molecule has 2 aliphatic rings. The van der Waals surface area contributed by atoms with Gasteiger partial charge in [-0.05, 0) is 50.4 Å². The average molecular weight is 274 g/mol. The van der Waals surface area contributed by atoms with Crippen molar-refractivity contribution >= 4 is 0 Å². The van der Waals surface area contributed by atoms with Gasteiger partial charge in [-0.3, -0.25) is 0 Å². The Bertz CT molecular complexity index is 401. The Hall–Kier alpha value is -0.900. The molecular weight excluding hydrogens is 248 g/mol. The highest BCUT2D eigenvalue weighted by molar-refractivity contribution is 5.27. The highest BCUT2D eigenvalue weighted by atomic mass is 16.3. The van der Waals surface area contributed by atoms with E-state index in [1.807, 2.05) is 0 Å². The summed E-state index contributed by atoms with van der Waals surface area (Å²) in [7, 11) is 0. The van der Waals surface area contributed by atoms with Crippen LogP contribution >= 0.6 is 0 Å². The number of β-amino-alcohol motifs (C(OH)–C–C–N with tert-alkyl or cyclic N) is 1. The van der Waals surface area contributed by atoms with Crippen LogP contribution in [-0.4, -0.2) is 48.8 Å². The quantitative estimate of drug-likeness (QED) is 0.831. The van der Waals surface area contributed by atoms with Gasteiger partial charge < -0.3 is 15.3 Å². The summed E-state index contributed by atoms with van der Waals surface area (Å²) in [5.41, 5.74) is 1.49. The standard InChI is InChI=1S/C17H26N2O/c20-11-10-19-8-6-14(7-9-19)13-18-17-12-16(17)15-4-2-1-3-5-15/h1-5,14,16-18,20H,6-13H2/t16-,17+/m1/s1. The van der Waals surface area contributed by atoms with Gasteiger partial charge in [0.15, 0.2) is 0 Å². The van der Waals surface area contributed by atoms with Crippen molar-refractivity contribution in [2.45, 2.75) is 31.2 Å². The maximum absolute atomic E-state index is 8.95. The molecule has 1 aliphatic heterocycles. The van der Waals surface area contributed by atoms with Crippen LogP contribution in [0.1, 0.15) is 30.7 Å². The van der Waals surface area contributed by atoms with Crippen LogP contribution in [0.15, 0.2) is 30.3 Å². The summed E-state index contributed by atoms with van der Waals surface area (Å²) in [5.74, 6) is 1.56. The van der Waals surface area contributed by atoms with Crippen LogP contribution in [0.2, 0.25) is 0 Å². The van der Waals surface area contributed by atoms with E-state index in [2.05, 4.69) is 40.5 Å². The van der Waals surface area contributed by atoms with Gasteiger partial charge in [-0.25, -0.2) is 0 Å². The Balaban J connectivity index is 1.36. The maximum Gasteiger partial charge on any atom is 0.0558 e. The van der Waals surface area contributed by atoms with Crippen LogP contribution in [0.25, 0.3) is 0 Å². The zero-order valence-electron chi connectivity index (χ0n) is 12.2. The average Bonchev–Trinajstić information content (AvgIpc) is 3.27. The molecule has 1 aromatic rings. The first-order valence-electron chi connectivity index (χ1n) is 7.98. The van der Waals surface area contributed by atoms with Crippen LogP contribution in [0.5, 0.6) is 0 Å². The molecule has 1 saturated heterocycles. The minimum Gasteiger partial charge on any atom is -0.395 e. The predicted octanol–water partition coefficient (Wildman–Crippen LogP) is 1.84. The van der Waals surface area contributed by atoms with E-state index in [1.54, 1.807) is 0 Å².